The number of benzene rings is 2. The lowest BCUT2D eigenvalue weighted by atomic mass is 10.2. The molecule has 8 heteroatoms. The van der Waals surface area contributed by atoms with E-state index in [9.17, 15) is 0 Å². The van der Waals surface area contributed by atoms with E-state index in [1.807, 2.05) is 24.3 Å². The fourth-order valence-corrected chi connectivity index (χ4v) is 2.89. The molecule has 0 atom stereocenters. The van der Waals surface area contributed by atoms with Crippen molar-refractivity contribution in [2.24, 2.45) is 0 Å². The molecule has 0 saturated heterocycles. The van der Waals surface area contributed by atoms with Gasteiger partial charge in [-0.1, -0.05) is 11.6 Å². The minimum absolute atomic E-state index is 0.565. The minimum atomic E-state index is 0.565. The fourth-order valence-electron chi connectivity index (χ4n) is 2.15. The minimum Gasteiger partial charge on any atom is -0.399 e. The second-order valence-corrected chi connectivity index (χ2v) is 5.48. The third kappa shape index (κ3) is 2.07. The third-order valence-corrected chi connectivity index (χ3v) is 3.98. The lowest BCUT2D eigenvalue weighted by Crippen LogP contribution is -1.94. The van der Waals surface area contributed by atoms with E-state index in [1.165, 1.54) is 0 Å². The van der Waals surface area contributed by atoms with E-state index in [1.54, 1.807) is 6.07 Å². The molecule has 0 unspecified atom stereocenters. The van der Waals surface area contributed by atoms with Gasteiger partial charge in [0.05, 0.1) is 33.5 Å². The fraction of sp³-hybridized carbons (Fsp3) is 0. The largest absolute Gasteiger partial charge is 0.399 e. The van der Waals surface area contributed by atoms with Crippen molar-refractivity contribution >= 4 is 62.7 Å². The topological polar surface area (TPSA) is 92.5 Å². The van der Waals surface area contributed by atoms with Crippen LogP contribution in [0.25, 0.3) is 22.1 Å². The van der Waals surface area contributed by atoms with Gasteiger partial charge in [0.1, 0.15) is 11.0 Å². The summed E-state index contributed by atoms with van der Waals surface area (Å²) in [6.07, 6.45) is 0. The van der Waals surface area contributed by atoms with Gasteiger partial charge in [0.15, 0.2) is 0 Å². The first-order chi connectivity index (χ1) is 10.2. The first-order valence-corrected chi connectivity index (χ1v) is 7.24. The van der Waals surface area contributed by atoms with Crippen molar-refractivity contribution < 1.29 is 0 Å². The van der Waals surface area contributed by atoms with Gasteiger partial charge in [0.2, 0.25) is 5.95 Å². The van der Waals surface area contributed by atoms with Crippen molar-refractivity contribution in [3.63, 3.8) is 0 Å². The highest BCUT2D eigenvalue weighted by atomic mass is 35.5. The Morgan fingerprint density at radius 1 is 1.14 bits per heavy atom. The maximum Gasteiger partial charge on any atom is 0.205 e. The van der Waals surface area contributed by atoms with Gasteiger partial charge < -0.3 is 16.0 Å². The number of nitrogens with one attached hydrogen (secondary N) is 2. The molecule has 4 N–H and O–H groups in total. The number of fused-ring (bicyclic) bond motifs is 2. The summed E-state index contributed by atoms with van der Waals surface area (Å²) >= 11 is 7.39. The zero-order chi connectivity index (χ0) is 14.4. The van der Waals surface area contributed by atoms with E-state index in [-0.39, 0.29) is 0 Å². The van der Waals surface area contributed by atoms with Gasteiger partial charge in [-0.15, -0.1) is 0 Å². The average Bonchev–Trinajstić information content (AvgIpc) is 3.07. The van der Waals surface area contributed by atoms with E-state index < -0.39 is 0 Å². The number of aromatic nitrogens is 4. The Hall–Kier alpha value is -2.38. The van der Waals surface area contributed by atoms with Crippen LogP contribution in [0.3, 0.4) is 0 Å². The molecule has 104 valence electrons. The van der Waals surface area contributed by atoms with Crippen molar-refractivity contribution in [1.29, 1.82) is 0 Å². The van der Waals surface area contributed by atoms with Crippen LogP contribution in [0.1, 0.15) is 0 Å². The second-order valence-electron chi connectivity index (χ2n) is 4.54. The third-order valence-electron chi connectivity index (χ3n) is 3.13. The molecular weight excluding hydrogens is 308 g/mol. The molecule has 0 aliphatic heterocycles. The molecule has 6 nitrogen and oxygen atoms in total. The van der Waals surface area contributed by atoms with E-state index >= 15 is 0 Å². The number of rotatable bonds is 2. The molecule has 2 aromatic heterocycles. The summed E-state index contributed by atoms with van der Waals surface area (Å²) in [6, 6.07) is 9.13. The van der Waals surface area contributed by atoms with Gasteiger partial charge in [-0.3, -0.25) is 0 Å². The van der Waals surface area contributed by atoms with E-state index in [0.717, 1.165) is 33.8 Å². The quantitative estimate of drug-likeness (QED) is 0.492. The average molecular weight is 317 g/mol. The van der Waals surface area contributed by atoms with E-state index in [0.29, 0.717) is 22.3 Å². The van der Waals surface area contributed by atoms with Crippen LogP contribution in [0.2, 0.25) is 5.02 Å². The normalized spacial score (nSPS) is 11.3. The molecule has 21 heavy (non-hydrogen) atoms. The standard InChI is InChI=1S/C13H9ClN6S/c14-7-2-4-9-12(20-21-19-9)11(7)18-13-16-8-3-1-6(15)5-10(8)17-13/h1-5H,15H2,(H2,16,17,18). The Morgan fingerprint density at radius 2 is 2.00 bits per heavy atom. The molecule has 0 bridgehead atoms. The number of nitrogen functional groups attached to an aromatic ring is 1. The van der Waals surface area contributed by atoms with Crippen molar-refractivity contribution in [2.75, 3.05) is 11.1 Å². The molecule has 0 aliphatic rings. The van der Waals surface area contributed by atoms with Gasteiger partial charge in [-0.05, 0) is 30.3 Å². The Labute approximate surface area is 128 Å². The lowest BCUT2D eigenvalue weighted by Gasteiger charge is -2.05. The maximum atomic E-state index is 6.25. The highest BCUT2D eigenvalue weighted by molar-refractivity contribution is 7.00. The highest BCUT2D eigenvalue weighted by Crippen LogP contribution is 2.32. The number of imidazole rings is 1. The van der Waals surface area contributed by atoms with Crippen LogP contribution in [0.4, 0.5) is 17.3 Å². The van der Waals surface area contributed by atoms with Gasteiger partial charge in [0.25, 0.3) is 0 Å². The molecule has 2 aromatic carbocycles. The van der Waals surface area contributed by atoms with Crippen LogP contribution in [0, 0.1) is 0 Å². The predicted molar refractivity (Wildman–Crippen MR) is 86.2 cm³/mol. The summed E-state index contributed by atoms with van der Waals surface area (Å²) < 4.78 is 8.47. The van der Waals surface area contributed by atoms with Crippen LogP contribution < -0.4 is 11.1 Å². The van der Waals surface area contributed by atoms with Crippen LogP contribution in [-0.4, -0.2) is 18.7 Å². The zero-order valence-corrected chi connectivity index (χ0v) is 12.2. The summed E-state index contributed by atoms with van der Waals surface area (Å²) in [6.45, 7) is 0. The molecule has 4 aromatic rings. The lowest BCUT2D eigenvalue weighted by molar-refractivity contribution is 1.31. The molecule has 4 rings (SSSR count). The number of aromatic amines is 1. The number of halogens is 1. The summed E-state index contributed by atoms with van der Waals surface area (Å²) in [5.74, 6) is 0.581. The van der Waals surface area contributed by atoms with E-state index in [4.69, 9.17) is 17.3 Å². The summed E-state index contributed by atoms with van der Waals surface area (Å²) in [4.78, 5) is 7.62. The monoisotopic (exact) mass is 316 g/mol. The molecule has 0 radical (unpaired) electrons. The number of hydrogen-bond acceptors (Lipinski definition) is 6. The number of nitrogens with two attached hydrogens (primary N) is 1. The van der Waals surface area contributed by atoms with Gasteiger partial charge in [0, 0.05) is 5.69 Å². The zero-order valence-electron chi connectivity index (χ0n) is 10.6. The molecular formula is C13H9ClN6S. The molecule has 2 heterocycles. The molecule has 0 amide bonds. The Balaban J connectivity index is 1.82. The van der Waals surface area contributed by atoms with Gasteiger partial charge >= 0.3 is 0 Å². The molecule has 0 spiro atoms. The highest BCUT2D eigenvalue weighted by Gasteiger charge is 2.12. The van der Waals surface area contributed by atoms with Crippen molar-refractivity contribution in [1.82, 2.24) is 18.7 Å². The van der Waals surface area contributed by atoms with E-state index in [2.05, 4.69) is 24.0 Å². The molecule has 0 saturated carbocycles. The van der Waals surface area contributed by atoms with Crippen molar-refractivity contribution in [2.45, 2.75) is 0 Å². The number of hydrogen-bond donors (Lipinski definition) is 3. The Kier molecular flexibility index (Phi) is 2.69. The van der Waals surface area contributed by atoms with Crippen molar-refractivity contribution in [3.8, 4) is 0 Å². The van der Waals surface area contributed by atoms with Crippen molar-refractivity contribution in [3.05, 3.63) is 35.4 Å². The summed E-state index contributed by atoms with van der Waals surface area (Å²) in [5, 5.41) is 3.74. The van der Waals surface area contributed by atoms with Crippen LogP contribution in [0.15, 0.2) is 30.3 Å². The Morgan fingerprint density at radius 3 is 2.90 bits per heavy atom. The Bertz CT molecular complexity index is 960. The summed E-state index contributed by atoms with van der Waals surface area (Å²) in [7, 11) is 0. The number of nitrogens with zero attached hydrogens (tertiary/aromatic N) is 3. The van der Waals surface area contributed by atoms with Gasteiger partial charge in [-0.25, -0.2) is 4.98 Å². The van der Waals surface area contributed by atoms with Gasteiger partial charge in [-0.2, -0.15) is 8.75 Å². The summed E-state index contributed by atoms with van der Waals surface area (Å²) in [5.41, 5.74) is 10.3. The molecule has 0 aliphatic carbocycles. The smallest absolute Gasteiger partial charge is 0.205 e. The molecule has 0 fully saturated rings. The number of H-pyrrole nitrogens is 1. The van der Waals surface area contributed by atoms with Crippen LogP contribution >= 0.6 is 23.3 Å². The maximum absolute atomic E-state index is 6.25. The number of anilines is 3. The SMILES string of the molecule is Nc1ccc2nc(Nc3c(Cl)ccc4nsnc34)[nH]c2c1. The predicted octanol–water partition coefficient (Wildman–Crippen LogP) is 3.55. The van der Waals surface area contributed by atoms with Crippen LogP contribution in [-0.2, 0) is 0 Å². The first kappa shape index (κ1) is 12.4. The second kappa shape index (κ2) is 4.57. The first-order valence-electron chi connectivity index (χ1n) is 6.14. The van der Waals surface area contributed by atoms with Crippen LogP contribution in [0.5, 0.6) is 0 Å².